The van der Waals surface area contributed by atoms with Crippen molar-refractivity contribution < 1.29 is 0 Å². The summed E-state index contributed by atoms with van der Waals surface area (Å²) in [6, 6.07) is 0. The van der Waals surface area contributed by atoms with E-state index in [0.29, 0.717) is 11.8 Å². The molecule has 0 spiro atoms. The molecule has 0 amide bonds. The zero-order valence-corrected chi connectivity index (χ0v) is 9.88. The number of hydrogen-bond donors (Lipinski definition) is 0. The van der Waals surface area contributed by atoms with E-state index < -0.39 is 0 Å². The van der Waals surface area contributed by atoms with Crippen molar-refractivity contribution in [1.29, 1.82) is 0 Å². The third kappa shape index (κ3) is 2.80. The first kappa shape index (κ1) is 11.7. The summed E-state index contributed by atoms with van der Waals surface area (Å²) in [6.07, 6.45) is 2.57. The van der Waals surface area contributed by atoms with Crippen LogP contribution >= 0.6 is 0 Å². The van der Waals surface area contributed by atoms with Gasteiger partial charge in [0, 0.05) is 0 Å². The Kier molecular flexibility index (Phi) is 4.57. The molecule has 0 aliphatic heterocycles. The molecule has 74 valence electrons. The second kappa shape index (κ2) is 5.48. The van der Waals surface area contributed by atoms with E-state index in [0.717, 1.165) is 0 Å². The van der Waals surface area contributed by atoms with Crippen molar-refractivity contribution in [3.63, 3.8) is 0 Å². The monoisotopic (exact) mass is 186 g/mol. The zero-order chi connectivity index (χ0) is 10.6. The van der Waals surface area contributed by atoms with Crippen molar-refractivity contribution in [3.8, 4) is 0 Å². The van der Waals surface area contributed by atoms with Crippen LogP contribution in [0, 0.1) is 0 Å². The van der Waals surface area contributed by atoms with E-state index in [1.807, 2.05) is 0 Å². The van der Waals surface area contributed by atoms with Crippen molar-refractivity contribution in [2.75, 3.05) is 0 Å². The van der Waals surface area contributed by atoms with Crippen molar-refractivity contribution in [3.05, 3.63) is 23.1 Å². The van der Waals surface area contributed by atoms with Crippen LogP contribution in [0.4, 0.5) is 0 Å². The molecular weight excluding hydrogens is 166 g/mol. The maximum atomic E-state index is 2.34. The Labute approximate surface area is 89.5 Å². The van der Waals surface area contributed by atoms with Gasteiger partial charge in [0.2, 0.25) is 0 Å². The van der Waals surface area contributed by atoms with Gasteiger partial charge in [-0.1, -0.05) is 0 Å². The Bertz CT molecular complexity index is 281. The summed E-state index contributed by atoms with van der Waals surface area (Å²) < 4.78 is 0. The van der Waals surface area contributed by atoms with Crippen LogP contribution in [0.2, 0.25) is 0 Å². The van der Waals surface area contributed by atoms with Crippen LogP contribution in [0.5, 0.6) is 0 Å². The van der Waals surface area contributed by atoms with Crippen LogP contribution in [0.1, 0.15) is 63.5 Å². The molecule has 14 heavy (non-hydrogen) atoms. The van der Waals surface area contributed by atoms with Gasteiger partial charge in [0.05, 0.1) is 0 Å². The van der Waals surface area contributed by atoms with Crippen molar-refractivity contribution >= 4 is 13.6 Å². The van der Waals surface area contributed by atoms with Crippen LogP contribution in [0.3, 0.4) is 0 Å². The Morgan fingerprint density at radius 1 is 1.07 bits per heavy atom. The van der Waals surface area contributed by atoms with Crippen LogP contribution in [-0.2, 0) is 0 Å². The van der Waals surface area contributed by atoms with E-state index in [4.69, 9.17) is 0 Å². The molecule has 0 aliphatic carbocycles. The molecule has 1 rings (SSSR count). The third-order valence-electron chi connectivity index (χ3n) is 2.87. The van der Waals surface area contributed by atoms with E-state index in [2.05, 4.69) is 53.2 Å². The molecule has 0 bridgehead atoms. The first-order valence-electron chi connectivity index (χ1n) is 5.75. The van der Waals surface area contributed by atoms with Gasteiger partial charge in [-0.2, -0.15) is 0 Å². The number of hydrogen-bond acceptors (Lipinski definition) is 0. The quantitative estimate of drug-likeness (QED) is 0.675. The summed E-state index contributed by atoms with van der Waals surface area (Å²) in [6.45, 7) is 13.5. The van der Waals surface area contributed by atoms with E-state index >= 15 is 0 Å². The second-order valence-corrected chi connectivity index (χ2v) is 4.47. The molecule has 0 radical (unpaired) electrons. The summed E-state index contributed by atoms with van der Waals surface area (Å²) in [5.41, 5.74) is 3.07. The van der Waals surface area contributed by atoms with Gasteiger partial charge in [0.25, 0.3) is 0 Å². The predicted octanol–water partition coefficient (Wildman–Crippen LogP) is 3.39. The first-order chi connectivity index (χ1) is 6.66. The van der Waals surface area contributed by atoms with Gasteiger partial charge in [-0.3, -0.25) is 0 Å². The normalized spacial score (nSPS) is 12.6. The minimum atomic E-state index is 0.644. The Balaban J connectivity index is 2.94. The Morgan fingerprint density at radius 2 is 1.64 bits per heavy atom. The van der Waals surface area contributed by atoms with E-state index in [9.17, 15) is 0 Å². The average Bonchev–Trinajstić information content (AvgIpc) is 2.18. The molecule has 0 saturated carbocycles. The van der Waals surface area contributed by atoms with Gasteiger partial charge in [-0.25, -0.2) is 0 Å². The predicted molar refractivity (Wildman–Crippen MR) is 66.5 cm³/mol. The molecule has 0 N–H and O–H groups in total. The van der Waals surface area contributed by atoms with Gasteiger partial charge < -0.3 is 0 Å². The summed E-state index contributed by atoms with van der Waals surface area (Å²) in [7, 11) is 0. The van der Waals surface area contributed by atoms with Crippen LogP contribution in [0.15, 0.2) is 11.9 Å². The second-order valence-electron chi connectivity index (χ2n) is 4.47. The van der Waals surface area contributed by atoms with Crippen LogP contribution in [0.25, 0.3) is 0 Å². The molecule has 0 aliphatic rings. The summed E-state index contributed by atoms with van der Waals surface area (Å²) in [5.74, 6) is 5.91. The maximum absolute atomic E-state index is 2.34. The fourth-order valence-electron chi connectivity index (χ4n) is 2.07. The van der Waals surface area contributed by atoms with E-state index in [1.165, 1.54) is 18.4 Å². The van der Waals surface area contributed by atoms with Gasteiger partial charge in [0.15, 0.2) is 0 Å². The standard InChI is InChI=1S/C12H20B2/c1-5-6-10(4)12-8-14-13-7-11(12)9(2)3/h7-10H,5-6H2,1-4H3. The summed E-state index contributed by atoms with van der Waals surface area (Å²) in [4.78, 5) is 0. The van der Waals surface area contributed by atoms with Gasteiger partial charge in [-0.15, -0.1) is 0 Å². The molecular formula is C12H20B2. The van der Waals surface area contributed by atoms with Gasteiger partial charge in [0.1, 0.15) is 0 Å². The number of rotatable bonds is 4. The van der Waals surface area contributed by atoms with Gasteiger partial charge >= 0.3 is 89.0 Å². The Hall–Kier alpha value is -0.390. The van der Waals surface area contributed by atoms with Crippen molar-refractivity contribution in [2.45, 2.75) is 52.4 Å². The molecule has 1 unspecified atom stereocenters. The zero-order valence-electron chi connectivity index (χ0n) is 9.88. The first-order valence-corrected chi connectivity index (χ1v) is 5.75. The van der Waals surface area contributed by atoms with Crippen LogP contribution < -0.4 is 0 Å². The molecule has 0 nitrogen and oxygen atoms in total. The molecule has 0 saturated heterocycles. The molecule has 2 heteroatoms. The van der Waals surface area contributed by atoms with Crippen LogP contribution in [-0.4, -0.2) is 13.6 Å². The Morgan fingerprint density at radius 3 is 2.14 bits per heavy atom. The summed E-state index contributed by atoms with van der Waals surface area (Å²) >= 11 is 0. The molecule has 0 aromatic carbocycles. The third-order valence-corrected chi connectivity index (χ3v) is 2.87. The fourth-order valence-corrected chi connectivity index (χ4v) is 2.07. The SMILES string of the molecule is CCCC(C)c1cbbcc1C(C)C. The van der Waals surface area contributed by atoms with Crippen molar-refractivity contribution in [1.82, 2.24) is 0 Å². The topological polar surface area (TPSA) is 0 Å². The van der Waals surface area contributed by atoms with E-state index in [-0.39, 0.29) is 0 Å². The van der Waals surface area contributed by atoms with Crippen molar-refractivity contribution in [2.24, 2.45) is 0 Å². The van der Waals surface area contributed by atoms with E-state index in [1.54, 1.807) is 5.56 Å². The average molecular weight is 186 g/mol. The minimum absolute atomic E-state index is 0.644. The molecule has 1 atom stereocenters. The fraction of sp³-hybridized carbons (Fsp3) is 0.667. The molecule has 0 fully saturated rings. The van der Waals surface area contributed by atoms with Gasteiger partial charge in [-0.05, 0) is 0 Å². The molecule has 1 heterocycles. The summed E-state index contributed by atoms with van der Waals surface area (Å²) in [5, 5.41) is 0. The molecule has 1 aromatic heterocycles. The molecule has 1 aromatic rings.